The SMILES string of the molecule is Cc1ccc(SC2CCCC(CO)(NC(C)C)C2)cc1C. The summed E-state index contributed by atoms with van der Waals surface area (Å²) in [6.07, 6.45) is 4.59. The van der Waals surface area contributed by atoms with Gasteiger partial charge < -0.3 is 10.4 Å². The molecule has 0 spiro atoms. The number of aryl methyl sites for hydroxylation is 2. The van der Waals surface area contributed by atoms with Gasteiger partial charge in [0.25, 0.3) is 0 Å². The van der Waals surface area contributed by atoms with Gasteiger partial charge in [-0.25, -0.2) is 0 Å². The van der Waals surface area contributed by atoms with Gasteiger partial charge in [-0.15, -0.1) is 11.8 Å². The van der Waals surface area contributed by atoms with Crippen LogP contribution in [-0.2, 0) is 0 Å². The Morgan fingerprint density at radius 3 is 2.71 bits per heavy atom. The van der Waals surface area contributed by atoms with E-state index in [0.717, 1.165) is 12.8 Å². The average molecular weight is 308 g/mol. The van der Waals surface area contributed by atoms with Crippen molar-refractivity contribution in [2.75, 3.05) is 6.61 Å². The summed E-state index contributed by atoms with van der Waals surface area (Å²) < 4.78 is 0. The Morgan fingerprint density at radius 1 is 1.33 bits per heavy atom. The molecule has 1 aromatic carbocycles. The van der Waals surface area contributed by atoms with E-state index in [2.05, 4.69) is 51.2 Å². The minimum atomic E-state index is -0.0795. The van der Waals surface area contributed by atoms with Crippen LogP contribution in [0.15, 0.2) is 23.1 Å². The lowest BCUT2D eigenvalue weighted by Crippen LogP contribution is -2.54. The van der Waals surface area contributed by atoms with Crippen LogP contribution >= 0.6 is 11.8 Å². The Bertz CT molecular complexity index is 474. The Hall–Kier alpha value is -0.510. The maximum Gasteiger partial charge on any atom is 0.0613 e. The number of hydrogen-bond acceptors (Lipinski definition) is 3. The number of aliphatic hydroxyl groups excluding tert-OH is 1. The summed E-state index contributed by atoms with van der Waals surface area (Å²) in [5.74, 6) is 0. The molecule has 0 heterocycles. The highest BCUT2D eigenvalue weighted by molar-refractivity contribution is 8.00. The van der Waals surface area contributed by atoms with Crippen LogP contribution < -0.4 is 5.32 Å². The first-order valence-electron chi connectivity index (χ1n) is 8.06. The van der Waals surface area contributed by atoms with Gasteiger partial charge >= 0.3 is 0 Å². The predicted octanol–water partition coefficient (Wildman–Crippen LogP) is 4.07. The Morgan fingerprint density at radius 2 is 2.10 bits per heavy atom. The zero-order chi connectivity index (χ0) is 15.5. The molecule has 3 heteroatoms. The van der Waals surface area contributed by atoms with Crippen molar-refractivity contribution in [1.29, 1.82) is 0 Å². The van der Waals surface area contributed by atoms with E-state index in [0.29, 0.717) is 11.3 Å². The molecular formula is C18H29NOS. The highest BCUT2D eigenvalue weighted by Gasteiger charge is 2.36. The first-order chi connectivity index (χ1) is 9.94. The van der Waals surface area contributed by atoms with Crippen molar-refractivity contribution in [2.24, 2.45) is 0 Å². The summed E-state index contributed by atoms with van der Waals surface area (Å²) in [6.45, 7) is 8.91. The summed E-state index contributed by atoms with van der Waals surface area (Å²) in [4.78, 5) is 1.36. The molecule has 2 rings (SSSR count). The third kappa shape index (κ3) is 4.48. The fraction of sp³-hybridized carbons (Fsp3) is 0.667. The van der Waals surface area contributed by atoms with Crippen LogP contribution in [0.1, 0.15) is 50.7 Å². The van der Waals surface area contributed by atoms with Crippen molar-refractivity contribution in [1.82, 2.24) is 5.32 Å². The second-order valence-corrected chi connectivity index (χ2v) is 8.19. The molecule has 1 aliphatic rings. The number of thioether (sulfide) groups is 1. The van der Waals surface area contributed by atoms with E-state index >= 15 is 0 Å². The molecule has 1 aliphatic carbocycles. The minimum absolute atomic E-state index is 0.0795. The lowest BCUT2D eigenvalue weighted by molar-refractivity contribution is 0.115. The zero-order valence-electron chi connectivity index (χ0n) is 13.8. The molecule has 1 saturated carbocycles. The van der Waals surface area contributed by atoms with E-state index < -0.39 is 0 Å². The van der Waals surface area contributed by atoms with Crippen LogP contribution in [0.25, 0.3) is 0 Å². The van der Waals surface area contributed by atoms with Crippen molar-refractivity contribution in [2.45, 2.75) is 75.1 Å². The van der Waals surface area contributed by atoms with Gasteiger partial charge in [0.05, 0.1) is 6.61 Å². The molecule has 2 unspecified atom stereocenters. The second kappa shape index (κ2) is 7.17. The molecule has 21 heavy (non-hydrogen) atoms. The fourth-order valence-corrected chi connectivity index (χ4v) is 4.78. The van der Waals surface area contributed by atoms with Gasteiger partial charge in [0.15, 0.2) is 0 Å². The summed E-state index contributed by atoms with van der Waals surface area (Å²) in [5.41, 5.74) is 2.64. The van der Waals surface area contributed by atoms with Crippen molar-refractivity contribution >= 4 is 11.8 Å². The first-order valence-corrected chi connectivity index (χ1v) is 8.94. The van der Waals surface area contributed by atoms with Crippen LogP contribution in [0.5, 0.6) is 0 Å². The van der Waals surface area contributed by atoms with Gasteiger partial charge in [0.2, 0.25) is 0 Å². The highest BCUT2D eigenvalue weighted by atomic mass is 32.2. The number of hydrogen-bond donors (Lipinski definition) is 2. The fourth-order valence-electron chi connectivity index (χ4n) is 3.32. The van der Waals surface area contributed by atoms with Gasteiger partial charge in [-0.2, -0.15) is 0 Å². The zero-order valence-corrected chi connectivity index (χ0v) is 14.6. The van der Waals surface area contributed by atoms with E-state index in [-0.39, 0.29) is 12.1 Å². The molecule has 0 aliphatic heterocycles. The largest absolute Gasteiger partial charge is 0.394 e. The molecule has 2 N–H and O–H groups in total. The molecule has 0 radical (unpaired) electrons. The van der Waals surface area contributed by atoms with Gasteiger partial charge in [0.1, 0.15) is 0 Å². The van der Waals surface area contributed by atoms with Crippen molar-refractivity contribution in [3.8, 4) is 0 Å². The third-order valence-corrected chi connectivity index (χ3v) is 5.74. The maximum absolute atomic E-state index is 9.88. The second-order valence-electron chi connectivity index (χ2n) is 6.82. The summed E-state index contributed by atoms with van der Waals surface area (Å²) in [5, 5.41) is 14.1. The van der Waals surface area contributed by atoms with Crippen LogP contribution in [0.2, 0.25) is 0 Å². The predicted molar refractivity (Wildman–Crippen MR) is 92.1 cm³/mol. The summed E-state index contributed by atoms with van der Waals surface area (Å²) in [6, 6.07) is 7.16. The van der Waals surface area contributed by atoms with Crippen LogP contribution in [0, 0.1) is 13.8 Å². The van der Waals surface area contributed by atoms with E-state index in [4.69, 9.17) is 0 Å². The maximum atomic E-state index is 9.88. The van der Waals surface area contributed by atoms with Crippen LogP contribution in [-0.4, -0.2) is 28.5 Å². The number of benzene rings is 1. The molecule has 1 aromatic rings. The molecule has 0 aromatic heterocycles. The Kier molecular flexibility index (Phi) is 5.75. The van der Waals surface area contributed by atoms with Gasteiger partial charge in [0, 0.05) is 21.7 Å². The molecule has 2 nitrogen and oxygen atoms in total. The number of rotatable bonds is 5. The normalized spacial score (nSPS) is 26.3. The van der Waals surface area contributed by atoms with Gasteiger partial charge in [-0.3, -0.25) is 0 Å². The topological polar surface area (TPSA) is 32.3 Å². The Balaban J connectivity index is 2.04. The van der Waals surface area contributed by atoms with Crippen molar-refractivity contribution in [3.63, 3.8) is 0 Å². The van der Waals surface area contributed by atoms with Crippen LogP contribution in [0.3, 0.4) is 0 Å². The number of aliphatic hydroxyl groups is 1. The summed E-state index contributed by atoms with van der Waals surface area (Å²) >= 11 is 1.98. The molecule has 0 bridgehead atoms. The molecular weight excluding hydrogens is 278 g/mol. The first kappa shape index (κ1) is 16.9. The third-order valence-electron chi connectivity index (χ3n) is 4.48. The molecule has 2 atom stereocenters. The standard InChI is InChI=1S/C18H29NOS/c1-13(2)19-18(12-20)9-5-6-17(11-18)21-16-8-7-14(3)15(4)10-16/h7-8,10,13,17,19-20H,5-6,9,11-12H2,1-4H3. The monoisotopic (exact) mass is 307 g/mol. The van der Waals surface area contributed by atoms with E-state index in [1.54, 1.807) is 0 Å². The minimum Gasteiger partial charge on any atom is -0.394 e. The molecule has 1 fully saturated rings. The van der Waals surface area contributed by atoms with Crippen molar-refractivity contribution < 1.29 is 5.11 Å². The van der Waals surface area contributed by atoms with Crippen molar-refractivity contribution in [3.05, 3.63) is 29.3 Å². The van der Waals surface area contributed by atoms with Gasteiger partial charge in [-0.1, -0.05) is 26.3 Å². The van der Waals surface area contributed by atoms with E-state index in [1.807, 2.05) is 11.8 Å². The average Bonchev–Trinajstić information content (AvgIpc) is 2.42. The molecule has 0 saturated heterocycles. The molecule has 0 amide bonds. The van der Waals surface area contributed by atoms with E-state index in [9.17, 15) is 5.11 Å². The van der Waals surface area contributed by atoms with Crippen LogP contribution in [0.4, 0.5) is 0 Å². The van der Waals surface area contributed by atoms with E-state index in [1.165, 1.54) is 28.9 Å². The smallest absolute Gasteiger partial charge is 0.0613 e. The number of nitrogens with one attached hydrogen (secondary N) is 1. The quantitative estimate of drug-likeness (QED) is 0.860. The molecule has 118 valence electrons. The lowest BCUT2D eigenvalue weighted by atomic mass is 9.81. The summed E-state index contributed by atoms with van der Waals surface area (Å²) in [7, 11) is 0. The highest BCUT2D eigenvalue weighted by Crippen LogP contribution is 2.38. The Labute approximate surface area is 133 Å². The van der Waals surface area contributed by atoms with Gasteiger partial charge in [-0.05, 0) is 56.4 Å². The lowest BCUT2D eigenvalue weighted by Gasteiger charge is -2.41.